The van der Waals surface area contributed by atoms with E-state index in [2.05, 4.69) is 15.5 Å². The number of carbonyl (C=O) groups excluding carboxylic acids is 1. The molecular formula is C14H21ClFN3O. The highest BCUT2D eigenvalue weighted by Crippen LogP contribution is 2.16. The minimum Gasteiger partial charge on any atom is -0.325 e. The van der Waals surface area contributed by atoms with E-state index in [1.807, 2.05) is 7.05 Å². The molecule has 0 aliphatic carbocycles. The predicted molar refractivity (Wildman–Crippen MR) is 80.8 cm³/mol. The summed E-state index contributed by atoms with van der Waals surface area (Å²) >= 11 is 0. The highest BCUT2D eigenvalue weighted by Gasteiger charge is 2.25. The summed E-state index contributed by atoms with van der Waals surface area (Å²) in [6, 6.07) is 6.38. The Morgan fingerprint density at radius 2 is 2.30 bits per heavy atom. The first-order valence-corrected chi connectivity index (χ1v) is 6.63. The summed E-state index contributed by atoms with van der Waals surface area (Å²) in [7, 11) is 1.92. The number of halogens is 2. The van der Waals surface area contributed by atoms with Crippen molar-refractivity contribution in [1.29, 1.82) is 0 Å². The molecule has 2 rings (SSSR count). The second-order valence-corrected chi connectivity index (χ2v) is 4.88. The molecule has 1 amide bonds. The van der Waals surface area contributed by atoms with Gasteiger partial charge in [-0.15, -0.1) is 12.4 Å². The second-order valence-electron chi connectivity index (χ2n) is 4.88. The van der Waals surface area contributed by atoms with Gasteiger partial charge in [-0.2, -0.15) is 0 Å². The molecule has 1 aliphatic rings. The van der Waals surface area contributed by atoms with Gasteiger partial charge >= 0.3 is 0 Å². The Kier molecular flexibility index (Phi) is 6.91. The minimum atomic E-state index is -0.341. The van der Waals surface area contributed by atoms with E-state index in [1.165, 1.54) is 12.1 Å². The molecule has 0 radical (unpaired) electrons. The molecule has 0 aromatic heterocycles. The van der Waals surface area contributed by atoms with Crippen LogP contribution >= 0.6 is 12.4 Å². The molecule has 0 bridgehead atoms. The molecule has 1 saturated heterocycles. The number of nitrogens with one attached hydrogen (secondary N) is 2. The van der Waals surface area contributed by atoms with E-state index in [4.69, 9.17) is 0 Å². The zero-order chi connectivity index (χ0) is 13.7. The molecule has 0 spiro atoms. The molecule has 6 heteroatoms. The second kappa shape index (κ2) is 8.19. The standard InChI is InChI=1S/C14H20FN3O.ClH/c1-16-9-13-6-3-7-18(13)10-14(19)17-12-5-2-4-11(15)8-12;/h2,4-5,8,13,16H,3,6-7,9-10H2,1H3,(H,17,19);1H. The largest absolute Gasteiger partial charge is 0.325 e. The number of benzene rings is 1. The highest BCUT2D eigenvalue weighted by atomic mass is 35.5. The van der Waals surface area contributed by atoms with Crippen LogP contribution in [0, 0.1) is 5.82 Å². The molecule has 1 heterocycles. The van der Waals surface area contributed by atoms with Crippen molar-refractivity contribution in [2.24, 2.45) is 0 Å². The Balaban J connectivity index is 0.00000200. The zero-order valence-corrected chi connectivity index (χ0v) is 12.4. The molecular weight excluding hydrogens is 281 g/mol. The first-order valence-electron chi connectivity index (χ1n) is 6.63. The molecule has 1 atom stereocenters. The van der Waals surface area contributed by atoms with Crippen molar-refractivity contribution in [2.75, 3.05) is 32.0 Å². The van der Waals surface area contributed by atoms with Crippen LogP contribution in [0.1, 0.15) is 12.8 Å². The molecule has 112 valence electrons. The van der Waals surface area contributed by atoms with E-state index in [9.17, 15) is 9.18 Å². The fourth-order valence-corrected chi connectivity index (χ4v) is 2.52. The van der Waals surface area contributed by atoms with Crippen LogP contribution in [0.2, 0.25) is 0 Å². The van der Waals surface area contributed by atoms with Crippen LogP contribution in [0.4, 0.5) is 10.1 Å². The van der Waals surface area contributed by atoms with Crippen molar-refractivity contribution < 1.29 is 9.18 Å². The van der Waals surface area contributed by atoms with E-state index < -0.39 is 0 Å². The third kappa shape index (κ3) is 4.74. The number of carbonyl (C=O) groups is 1. The summed E-state index contributed by atoms with van der Waals surface area (Å²) in [5.41, 5.74) is 0.509. The van der Waals surface area contributed by atoms with E-state index in [-0.39, 0.29) is 24.1 Å². The number of rotatable bonds is 5. The fourth-order valence-electron chi connectivity index (χ4n) is 2.52. The molecule has 0 saturated carbocycles. The molecule has 1 unspecified atom stereocenters. The van der Waals surface area contributed by atoms with Gasteiger partial charge in [0.15, 0.2) is 0 Å². The quantitative estimate of drug-likeness (QED) is 0.873. The number of hydrogen-bond donors (Lipinski definition) is 2. The molecule has 4 nitrogen and oxygen atoms in total. The zero-order valence-electron chi connectivity index (χ0n) is 11.6. The van der Waals surface area contributed by atoms with Crippen LogP contribution in [-0.4, -0.2) is 43.5 Å². The Morgan fingerprint density at radius 1 is 1.50 bits per heavy atom. The van der Waals surface area contributed by atoms with Gasteiger partial charge in [0.1, 0.15) is 5.82 Å². The monoisotopic (exact) mass is 301 g/mol. The van der Waals surface area contributed by atoms with Crippen LogP contribution in [0.3, 0.4) is 0 Å². The average Bonchev–Trinajstić information content (AvgIpc) is 2.77. The maximum Gasteiger partial charge on any atom is 0.238 e. The SMILES string of the molecule is CNCC1CCCN1CC(=O)Nc1cccc(F)c1.Cl. The fraction of sp³-hybridized carbons (Fsp3) is 0.500. The first kappa shape index (κ1) is 16.9. The summed E-state index contributed by atoms with van der Waals surface area (Å²) in [6.45, 7) is 2.21. The van der Waals surface area contributed by atoms with Crippen LogP contribution in [0.15, 0.2) is 24.3 Å². The average molecular weight is 302 g/mol. The van der Waals surface area contributed by atoms with Gasteiger partial charge in [0.2, 0.25) is 5.91 Å². The van der Waals surface area contributed by atoms with Gasteiger partial charge < -0.3 is 10.6 Å². The molecule has 1 aromatic rings. The van der Waals surface area contributed by atoms with Gasteiger partial charge in [0.25, 0.3) is 0 Å². The number of nitrogens with zero attached hydrogens (tertiary/aromatic N) is 1. The Hall–Kier alpha value is -1.17. The lowest BCUT2D eigenvalue weighted by Crippen LogP contribution is -2.41. The molecule has 1 aromatic carbocycles. The molecule has 20 heavy (non-hydrogen) atoms. The third-order valence-corrected chi connectivity index (χ3v) is 3.39. The lowest BCUT2D eigenvalue weighted by atomic mass is 10.2. The van der Waals surface area contributed by atoms with E-state index in [1.54, 1.807) is 12.1 Å². The Bertz CT molecular complexity index is 444. The summed E-state index contributed by atoms with van der Waals surface area (Å²) in [4.78, 5) is 14.1. The number of likely N-dealkylation sites (tertiary alicyclic amines) is 1. The topological polar surface area (TPSA) is 44.4 Å². The number of anilines is 1. The van der Waals surface area contributed by atoms with Crippen LogP contribution < -0.4 is 10.6 Å². The van der Waals surface area contributed by atoms with E-state index >= 15 is 0 Å². The van der Waals surface area contributed by atoms with E-state index in [0.717, 1.165) is 25.9 Å². The lowest BCUT2D eigenvalue weighted by Gasteiger charge is -2.23. The van der Waals surface area contributed by atoms with Gasteiger partial charge in [-0.25, -0.2) is 4.39 Å². The van der Waals surface area contributed by atoms with Gasteiger partial charge in [0.05, 0.1) is 6.54 Å². The van der Waals surface area contributed by atoms with Gasteiger partial charge in [-0.05, 0) is 44.6 Å². The lowest BCUT2D eigenvalue weighted by molar-refractivity contribution is -0.117. The first-order chi connectivity index (χ1) is 9.19. The Labute approximate surface area is 125 Å². The summed E-state index contributed by atoms with van der Waals surface area (Å²) in [5.74, 6) is -0.430. The minimum absolute atomic E-state index is 0. The molecule has 1 aliphatic heterocycles. The summed E-state index contributed by atoms with van der Waals surface area (Å²) < 4.78 is 13.0. The Morgan fingerprint density at radius 3 is 3.00 bits per heavy atom. The van der Waals surface area contributed by atoms with Crippen LogP contribution in [-0.2, 0) is 4.79 Å². The third-order valence-electron chi connectivity index (χ3n) is 3.39. The van der Waals surface area contributed by atoms with Crippen molar-refractivity contribution in [1.82, 2.24) is 10.2 Å². The smallest absolute Gasteiger partial charge is 0.238 e. The maximum atomic E-state index is 13.0. The number of hydrogen-bond acceptors (Lipinski definition) is 3. The highest BCUT2D eigenvalue weighted by molar-refractivity contribution is 5.92. The van der Waals surface area contributed by atoms with Gasteiger partial charge in [0, 0.05) is 18.3 Å². The predicted octanol–water partition coefficient (Wildman–Crippen LogP) is 1.87. The van der Waals surface area contributed by atoms with Gasteiger partial charge in [-0.3, -0.25) is 9.69 Å². The summed E-state index contributed by atoms with van der Waals surface area (Å²) in [6.07, 6.45) is 2.24. The van der Waals surface area contributed by atoms with Crippen molar-refractivity contribution in [3.8, 4) is 0 Å². The number of amides is 1. The van der Waals surface area contributed by atoms with Crippen LogP contribution in [0.5, 0.6) is 0 Å². The van der Waals surface area contributed by atoms with Gasteiger partial charge in [-0.1, -0.05) is 6.07 Å². The van der Waals surface area contributed by atoms with Crippen molar-refractivity contribution >= 4 is 24.0 Å². The van der Waals surface area contributed by atoms with Crippen molar-refractivity contribution in [2.45, 2.75) is 18.9 Å². The van der Waals surface area contributed by atoms with Crippen LogP contribution in [0.25, 0.3) is 0 Å². The van der Waals surface area contributed by atoms with Crippen molar-refractivity contribution in [3.63, 3.8) is 0 Å². The number of likely N-dealkylation sites (N-methyl/N-ethyl adjacent to an activating group) is 1. The maximum absolute atomic E-state index is 13.0. The molecule has 1 fully saturated rings. The van der Waals surface area contributed by atoms with E-state index in [0.29, 0.717) is 18.3 Å². The molecule has 2 N–H and O–H groups in total. The normalized spacial score (nSPS) is 18.6. The summed E-state index contributed by atoms with van der Waals surface area (Å²) in [5, 5.41) is 5.88. The van der Waals surface area contributed by atoms with Crippen molar-refractivity contribution in [3.05, 3.63) is 30.1 Å².